The van der Waals surface area contributed by atoms with Crippen LogP contribution in [0.25, 0.3) is 0 Å². The fraction of sp³-hybridized carbons (Fsp3) is 0.250. The van der Waals surface area contributed by atoms with E-state index in [9.17, 15) is 0 Å². The topological polar surface area (TPSA) is 0 Å². The van der Waals surface area contributed by atoms with Crippen molar-refractivity contribution >= 4 is 17.6 Å². The predicted octanol–water partition coefficient (Wildman–Crippen LogP) is 8.65. The van der Waals surface area contributed by atoms with Crippen LogP contribution >= 0.6 is 0 Å². The van der Waals surface area contributed by atoms with E-state index >= 15 is 0 Å². The van der Waals surface area contributed by atoms with E-state index in [4.69, 9.17) is 0 Å². The molecule has 0 aliphatic carbocycles. The molecule has 0 unspecified atom stereocenters. The highest BCUT2D eigenvalue weighted by molar-refractivity contribution is 6.90. The van der Waals surface area contributed by atoms with Crippen LogP contribution in [0.15, 0.2) is 97.1 Å². The van der Waals surface area contributed by atoms with Crippen molar-refractivity contribution in [3.05, 3.63) is 164 Å². The lowest BCUT2D eigenvalue weighted by atomic mass is 9.21. The molecule has 0 nitrogen and oxygen atoms in total. The zero-order valence-electron chi connectivity index (χ0n) is 26.3. The van der Waals surface area contributed by atoms with Crippen molar-refractivity contribution in [2.75, 3.05) is 0 Å². The van der Waals surface area contributed by atoms with Gasteiger partial charge in [0.1, 0.15) is 0 Å². The van der Waals surface area contributed by atoms with Gasteiger partial charge in [-0.25, -0.2) is 0 Å². The summed E-state index contributed by atoms with van der Waals surface area (Å²) in [6, 6.07) is 37.5. The Bertz CT molecular complexity index is 1470. The highest BCUT2D eigenvalue weighted by Gasteiger charge is 2.50. The number of rotatable bonds is 6. The van der Waals surface area contributed by atoms with E-state index < -0.39 is 5.31 Å². The van der Waals surface area contributed by atoms with Gasteiger partial charge >= 0.3 is 0 Å². The third kappa shape index (κ3) is 5.19. The van der Waals surface area contributed by atoms with Gasteiger partial charge < -0.3 is 0 Å². The zero-order valence-corrected chi connectivity index (χ0v) is 26.3. The third-order valence-electron chi connectivity index (χ3n) is 9.01. The number of benzene rings is 5. The fourth-order valence-corrected chi connectivity index (χ4v) is 7.32. The Kier molecular flexibility index (Phi) is 7.84. The van der Waals surface area contributed by atoms with E-state index in [1.807, 2.05) is 0 Å². The van der Waals surface area contributed by atoms with Crippen molar-refractivity contribution in [2.24, 2.45) is 0 Å². The van der Waals surface area contributed by atoms with Crippen LogP contribution in [-0.2, 0) is 5.31 Å². The maximum absolute atomic E-state index is 2.37. The molecule has 5 rings (SSSR count). The van der Waals surface area contributed by atoms with Gasteiger partial charge in [0, 0.05) is 5.31 Å². The lowest BCUT2D eigenvalue weighted by molar-refractivity contribution is 0.855. The van der Waals surface area contributed by atoms with Gasteiger partial charge in [0.2, 0.25) is 6.71 Å². The summed E-state index contributed by atoms with van der Waals surface area (Å²) in [4.78, 5) is 0. The van der Waals surface area contributed by atoms with Crippen molar-refractivity contribution in [3.8, 4) is 0 Å². The molecule has 1 heteroatoms. The molecule has 0 saturated carbocycles. The van der Waals surface area contributed by atoms with Crippen LogP contribution in [0.5, 0.6) is 0 Å². The minimum atomic E-state index is -0.468. The molecular formula is C40H43B. The Morgan fingerprint density at radius 2 is 0.585 bits per heavy atom. The smallest absolute Gasteiger partial charge is 0.0667 e. The summed E-state index contributed by atoms with van der Waals surface area (Å²) < 4.78 is 0. The molecule has 5 aromatic carbocycles. The van der Waals surface area contributed by atoms with Crippen LogP contribution in [0.1, 0.15) is 66.8 Å². The third-order valence-corrected chi connectivity index (χ3v) is 9.01. The average Bonchev–Trinajstić information content (AvgIpc) is 2.90. The van der Waals surface area contributed by atoms with E-state index in [1.165, 1.54) is 77.7 Å². The SMILES string of the molecule is Cc1ccc(C(B(c2c(C)cc(C)cc2C)c2c(C)cc(C)cc2C)(c2ccc(C)cc2)c2ccc(C)cc2)cc1. The Morgan fingerprint density at radius 3 is 0.829 bits per heavy atom. The highest BCUT2D eigenvalue weighted by Crippen LogP contribution is 2.43. The minimum Gasteiger partial charge on any atom is -0.0667 e. The van der Waals surface area contributed by atoms with Gasteiger partial charge in [0.25, 0.3) is 0 Å². The van der Waals surface area contributed by atoms with Gasteiger partial charge in [-0.2, -0.15) is 0 Å². The molecule has 0 atom stereocenters. The molecule has 0 N–H and O–H groups in total. The van der Waals surface area contributed by atoms with Crippen LogP contribution in [-0.4, -0.2) is 6.71 Å². The minimum absolute atomic E-state index is 0.0526. The molecule has 0 aromatic heterocycles. The molecular weight excluding hydrogens is 491 g/mol. The Morgan fingerprint density at radius 1 is 0.341 bits per heavy atom. The van der Waals surface area contributed by atoms with Gasteiger partial charge in [-0.05, 0) is 79.0 Å². The molecule has 0 fully saturated rings. The molecule has 5 aromatic rings. The van der Waals surface area contributed by atoms with E-state index in [0.717, 1.165) is 0 Å². The normalized spacial score (nSPS) is 11.5. The second-order valence-corrected chi connectivity index (χ2v) is 12.5. The molecule has 0 saturated heterocycles. The van der Waals surface area contributed by atoms with Crippen LogP contribution < -0.4 is 10.9 Å². The van der Waals surface area contributed by atoms with Crippen LogP contribution in [0, 0.1) is 62.3 Å². The molecule has 0 spiro atoms. The van der Waals surface area contributed by atoms with Gasteiger partial charge in [-0.1, -0.05) is 158 Å². The molecule has 0 heterocycles. The summed E-state index contributed by atoms with van der Waals surface area (Å²) in [5.41, 5.74) is 18.7. The van der Waals surface area contributed by atoms with Gasteiger partial charge in [0.05, 0.1) is 0 Å². The first-order valence-corrected chi connectivity index (χ1v) is 14.9. The zero-order chi connectivity index (χ0) is 29.5. The van der Waals surface area contributed by atoms with Crippen molar-refractivity contribution < 1.29 is 0 Å². The summed E-state index contributed by atoms with van der Waals surface area (Å²) in [6.45, 7) is 20.3. The Labute approximate surface area is 248 Å². The van der Waals surface area contributed by atoms with Gasteiger partial charge in [0.15, 0.2) is 0 Å². The maximum Gasteiger partial charge on any atom is 0.231 e. The standard InChI is InChI=1S/C40H43B/c1-26-10-16-35(17-11-26)40(36-18-12-27(2)13-19-36,37-20-14-28(3)15-21-37)41(38-31(6)22-29(4)23-32(38)7)39-33(8)24-30(5)25-34(39)9/h10-25H,1-9H3. The van der Waals surface area contributed by atoms with E-state index in [0.29, 0.717) is 0 Å². The molecule has 0 radical (unpaired) electrons. The number of aryl methyl sites for hydroxylation is 9. The van der Waals surface area contributed by atoms with Crippen molar-refractivity contribution in [1.82, 2.24) is 0 Å². The first kappa shape index (κ1) is 28.7. The largest absolute Gasteiger partial charge is 0.231 e. The second kappa shape index (κ2) is 11.2. The van der Waals surface area contributed by atoms with Gasteiger partial charge in [-0.15, -0.1) is 0 Å². The van der Waals surface area contributed by atoms with Gasteiger partial charge in [-0.3, -0.25) is 0 Å². The monoisotopic (exact) mass is 534 g/mol. The summed E-state index contributed by atoms with van der Waals surface area (Å²) in [5.74, 6) is 0. The molecule has 0 amide bonds. The van der Waals surface area contributed by atoms with Crippen LogP contribution in [0.4, 0.5) is 0 Å². The van der Waals surface area contributed by atoms with E-state index in [-0.39, 0.29) is 6.71 Å². The summed E-state index contributed by atoms with van der Waals surface area (Å²) in [5, 5.41) is -0.468. The van der Waals surface area contributed by atoms with Crippen molar-refractivity contribution in [1.29, 1.82) is 0 Å². The van der Waals surface area contributed by atoms with Crippen molar-refractivity contribution in [3.63, 3.8) is 0 Å². The number of hydrogen-bond donors (Lipinski definition) is 0. The van der Waals surface area contributed by atoms with E-state index in [1.54, 1.807) is 0 Å². The first-order valence-electron chi connectivity index (χ1n) is 14.9. The van der Waals surface area contributed by atoms with Crippen molar-refractivity contribution in [2.45, 2.75) is 67.6 Å². The molecule has 41 heavy (non-hydrogen) atoms. The Balaban J connectivity index is 2.07. The lowest BCUT2D eigenvalue weighted by Crippen LogP contribution is -2.62. The average molecular weight is 535 g/mol. The quantitative estimate of drug-likeness (QED) is 0.151. The summed E-state index contributed by atoms with van der Waals surface area (Å²) in [6.07, 6.45) is 0. The predicted molar refractivity (Wildman–Crippen MR) is 180 cm³/mol. The lowest BCUT2D eigenvalue weighted by Gasteiger charge is -2.44. The van der Waals surface area contributed by atoms with E-state index in [2.05, 4.69) is 159 Å². The maximum atomic E-state index is 2.37. The van der Waals surface area contributed by atoms with Crippen LogP contribution in [0.2, 0.25) is 0 Å². The fourth-order valence-electron chi connectivity index (χ4n) is 7.32. The molecule has 0 bridgehead atoms. The second-order valence-electron chi connectivity index (χ2n) is 12.5. The molecule has 206 valence electrons. The Hall–Kier alpha value is -3.84. The highest BCUT2D eigenvalue weighted by atomic mass is 14.4. The summed E-state index contributed by atoms with van der Waals surface area (Å²) >= 11 is 0. The van der Waals surface area contributed by atoms with Crippen LogP contribution in [0.3, 0.4) is 0 Å². The molecule has 0 aliphatic rings. The molecule has 0 aliphatic heterocycles. The first-order chi connectivity index (χ1) is 19.5. The summed E-state index contributed by atoms with van der Waals surface area (Å²) in [7, 11) is 0. The number of hydrogen-bond acceptors (Lipinski definition) is 0.